The molecule has 2 saturated heterocycles. The molecule has 13 heteroatoms. The molecule has 44 heavy (non-hydrogen) atoms. The van der Waals surface area contributed by atoms with Gasteiger partial charge < -0.3 is 15.2 Å². The number of hydrogen-bond donors (Lipinski definition) is 2. The number of aromatic nitrogens is 2. The number of nitrogens with zero attached hydrogens (tertiary/aromatic N) is 6. The first-order valence-corrected chi connectivity index (χ1v) is 15.0. The van der Waals surface area contributed by atoms with E-state index in [-0.39, 0.29) is 24.8 Å². The summed E-state index contributed by atoms with van der Waals surface area (Å²) in [7, 11) is 0. The van der Waals surface area contributed by atoms with Crippen molar-refractivity contribution >= 4 is 23.8 Å². The third-order valence-corrected chi connectivity index (χ3v) is 8.29. The Kier molecular flexibility index (Phi) is 10.3. The second-order valence-electron chi connectivity index (χ2n) is 11.4. The van der Waals surface area contributed by atoms with Gasteiger partial charge in [0.1, 0.15) is 18.3 Å². The number of carboxylic acid groups (broad SMARTS) is 1. The molecule has 1 unspecified atom stereocenters. The smallest absolute Gasteiger partial charge is 0.352 e. The van der Waals surface area contributed by atoms with Crippen molar-refractivity contribution in [2.45, 2.75) is 44.9 Å². The van der Waals surface area contributed by atoms with Crippen molar-refractivity contribution in [3.63, 3.8) is 0 Å². The van der Waals surface area contributed by atoms with E-state index in [4.69, 9.17) is 4.74 Å². The molecule has 0 aromatic carbocycles. The van der Waals surface area contributed by atoms with Crippen LogP contribution < -0.4 is 5.32 Å². The van der Waals surface area contributed by atoms with Crippen molar-refractivity contribution in [1.82, 2.24) is 34.9 Å². The Morgan fingerprint density at radius 3 is 1.98 bits per heavy atom. The molecular weight excluding hydrogens is 566 g/mol. The fraction of sp³-hybridized carbons (Fsp3) is 0.484. The molecule has 2 atom stereocenters. The number of carbonyl (C=O) groups excluding carboxylic acids is 3. The molecule has 2 N–H and O–H groups in total. The minimum absolute atomic E-state index is 0.116. The molecule has 0 saturated carbocycles. The van der Waals surface area contributed by atoms with E-state index in [1.165, 1.54) is 11.8 Å². The third kappa shape index (κ3) is 7.84. The predicted octanol–water partition coefficient (Wildman–Crippen LogP) is 0.488. The quantitative estimate of drug-likeness (QED) is 0.288. The maximum atomic E-state index is 13.3. The summed E-state index contributed by atoms with van der Waals surface area (Å²) in [6.07, 6.45) is 4.42. The summed E-state index contributed by atoms with van der Waals surface area (Å²) in [6.45, 7) is 7.10. The highest BCUT2D eigenvalue weighted by Crippen LogP contribution is 2.36. The van der Waals surface area contributed by atoms with Gasteiger partial charge in [0.25, 0.3) is 5.91 Å². The SMILES string of the molecule is CC(=O)OCC1=C(C(=O)O)N2C(=O)[C@@H](NC(=O)CN3CCN(Cc4ccccn4)CCN(Cc4ccccn4)CC3)C2CC1. The van der Waals surface area contributed by atoms with Crippen LogP contribution in [0.25, 0.3) is 0 Å². The number of amides is 2. The molecule has 0 spiro atoms. The molecule has 13 nitrogen and oxygen atoms in total. The van der Waals surface area contributed by atoms with E-state index in [2.05, 4.69) is 30.0 Å². The van der Waals surface area contributed by atoms with Crippen LogP contribution in [0.1, 0.15) is 31.2 Å². The van der Waals surface area contributed by atoms with E-state index in [1.807, 2.05) is 36.4 Å². The van der Waals surface area contributed by atoms with Gasteiger partial charge in [-0.25, -0.2) is 4.79 Å². The van der Waals surface area contributed by atoms with Gasteiger partial charge in [0.2, 0.25) is 5.91 Å². The van der Waals surface area contributed by atoms with E-state index >= 15 is 0 Å². The number of carboxylic acids is 1. The van der Waals surface area contributed by atoms with Crippen LogP contribution in [0.15, 0.2) is 60.1 Å². The molecule has 0 radical (unpaired) electrons. The zero-order valence-corrected chi connectivity index (χ0v) is 24.9. The van der Waals surface area contributed by atoms with Crippen LogP contribution in [-0.2, 0) is 37.0 Å². The molecule has 234 valence electrons. The molecule has 5 rings (SSSR count). The lowest BCUT2D eigenvalue weighted by atomic mass is 9.83. The Morgan fingerprint density at radius 2 is 1.48 bits per heavy atom. The minimum Gasteiger partial charge on any atom is -0.477 e. The van der Waals surface area contributed by atoms with Gasteiger partial charge in [0.05, 0.1) is 24.0 Å². The van der Waals surface area contributed by atoms with Gasteiger partial charge in [0, 0.05) is 71.7 Å². The Bertz CT molecular complexity index is 1320. The van der Waals surface area contributed by atoms with E-state index < -0.39 is 29.9 Å². The molecule has 2 fully saturated rings. The molecule has 5 heterocycles. The van der Waals surface area contributed by atoms with Crippen molar-refractivity contribution in [3.05, 3.63) is 71.4 Å². The highest BCUT2D eigenvalue weighted by molar-refractivity contribution is 6.01. The zero-order valence-electron chi connectivity index (χ0n) is 24.9. The highest BCUT2D eigenvalue weighted by Gasteiger charge is 2.53. The Labute approximate surface area is 256 Å². The Morgan fingerprint density at radius 1 is 0.909 bits per heavy atom. The van der Waals surface area contributed by atoms with Crippen LogP contribution in [0.5, 0.6) is 0 Å². The zero-order chi connectivity index (χ0) is 31.1. The van der Waals surface area contributed by atoms with Crippen molar-refractivity contribution in [3.8, 4) is 0 Å². The van der Waals surface area contributed by atoms with Gasteiger partial charge in [-0.15, -0.1) is 0 Å². The summed E-state index contributed by atoms with van der Waals surface area (Å²) < 4.78 is 5.00. The molecular formula is C31H39N7O6. The molecule has 3 aliphatic rings. The fourth-order valence-electron chi connectivity index (χ4n) is 5.99. The number of esters is 1. The normalized spacial score (nSPS) is 21.8. The molecule has 2 aromatic rings. The Hall–Kier alpha value is -4.20. The van der Waals surface area contributed by atoms with Crippen LogP contribution in [0.3, 0.4) is 0 Å². The summed E-state index contributed by atoms with van der Waals surface area (Å²) in [4.78, 5) is 66.6. The number of carbonyl (C=O) groups is 4. The number of fused-ring (bicyclic) bond motifs is 1. The number of ether oxygens (including phenoxy) is 1. The summed E-state index contributed by atoms with van der Waals surface area (Å²) in [5.41, 5.74) is 2.21. The van der Waals surface area contributed by atoms with E-state index in [0.717, 1.165) is 37.6 Å². The van der Waals surface area contributed by atoms with Crippen molar-refractivity contribution in [1.29, 1.82) is 0 Å². The van der Waals surface area contributed by atoms with E-state index in [0.29, 0.717) is 44.6 Å². The summed E-state index contributed by atoms with van der Waals surface area (Å²) in [5, 5.41) is 12.7. The number of nitrogens with one attached hydrogen (secondary N) is 1. The molecule has 0 bridgehead atoms. The van der Waals surface area contributed by atoms with Gasteiger partial charge in [-0.3, -0.25) is 44.0 Å². The Balaban J connectivity index is 1.22. The maximum absolute atomic E-state index is 13.3. The number of hydrogen-bond acceptors (Lipinski definition) is 10. The van der Waals surface area contributed by atoms with Crippen LogP contribution in [-0.4, -0.2) is 123 Å². The van der Waals surface area contributed by atoms with Crippen molar-refractivity contribution < 1.29 is 29.0 Å². The number of β-lactam (4-membered cyclic amide) rings is 1. The summed E-state index contributed by atoms with van der Waals surface area (Å²) in [6, 6.07) is 10.5. The van der Waals surface area contributed by atoms with E-state index in [9.17, 15) is 24.3 Å². The highest BCUT2D eigenvalue weighted by atomic mass is 16.5. The summed E-state index contributed by atoms with van der Waals surface area (Å²) in [5.74, 6) is -2.52. The largest absolute Gasteiger partial charge is 0.477 e. The molecule has 2 amide bonds. The first-order valence-electron chi connectivity index (χ1n) is 15.0. The van der Waals surface area contributed by atoms with Crippen molar-refractivity contribution in [2.24, 2.45) is 0 Å². The van der Waals surface area contributed by atoms with Gasteiger partial charge >= 0.3 is 11.9 Å². The average molecular weight is 606 g/mol. The number of rotatable bonds is 10. The predicted molar refractivity (Wildman–Crippen MR) is 159 cm³/mol. The van der Waals surface area contributed by atoms with Gasteiger partial charge in [-0.05, 0) is 42.7 Å². The van der Waals surface area contributed by atoms with Gasteiger partial charge in [-0.2, -0.15) is 0 Å². The lowest BCUT2D eigenvalue weighted by Gasteiger charge is -2.50. The number of aliphatic carboxylic acids is 1. The standard InChI is InChI=1S/C31H39N7O6/c1-22(39)44-21-23-8-9-26-28(30(41)38(26)29(23)31(42)43)34-27(40)20-37-16-14-35(18-24-6-2-4-10-32-24)12-13-36(15-17-37)19-25-7-3-5-11-33-25/h2-7,10-11,26,28H,8-9,12-21H2,1H3,(H,34,40)(H,42,43)/t26?,28-/m0/s1. The minimum atomic E-state index is -1.25. The maximum Gasteiger partial charge on any atom is 0.352 e. The lowest BCUT2D eigenvalue weighted by molar-refractivity contribution is -0.156. The fourth-order valence-corrected chi connectivity index (χ4v) is 5.99. The lowest BCUT2D eigenvalue weighted by Crippen LogP contribution is -2.72. The first-order chi connectivity index (χ1) is 21.3. The van der Waals surface area contributed by atoms with Crippen LogP contribution in [0, 0.1) is 0 Å². The first kappa shape index (κ1) is 31.2. The molecule has 2 aromatic heterocycles. The summed E-state index contributed by atoms with van der Waals surface area (Å²) >= 11 is 0. The second kappa shape index (κ2) is 14.5. The topological polar surface area (TPSA) is 149 Å². The third-order valence-electron chi connectivity index (χ3n) is 8.29. The van der Waals surface area contributed by atoms with Crippen LogP contribution in [0.2, 0.25) is 0 Å². The monoisotopic (exact) mass is 605 g/mol. The molecule has 0 aliphatic carbocycles. The van der Waals surface area contributed by atoms with Crippen LogP contribution in [0.4, 0.5) is 0 Å². The van der Waals surface area contributed by atoms with Crippen LogP contribution >= 0.6 is 0 Å². The van der Waals surface area contributed by atoms with Gasteiger partial charge in [-0.1, -0.05) is 12.1 Å². The average Bonchev–Trinajstić information content (AvgIpc) is 3.10. The van der Waals surface area contributed by atoms with E-state index in [1.54, 1.807) is 12.4 Å². The van der Waals surface area contributed by atoms with Crippen molar-refractivity contribution in [2.75, 3.05) is 52.4 Å². The number of pyridine rings is 2. The van der Waals surface area contributed by atoms with Gasteiger partial charge in [0.15, 0.2) is 0 Å². The molecule has 3 aliphatic heterocycles. The second-order valence-corrected chi connectivity index (χ2v) is 11.4.